The topological polar surface area (TPSA) is 23.5 Å². The van der Waals surface area contributed by atoms with E-state index in [0.717, 1.165) is 19.3 Å². The molecule has 0 radical (unpaired) electrons. The molecule has 0 amide bonds. The van der Waals surface area contributed by atoms with Gasteiger partial charge < -0.3 is 5.11 Å². The summed E-state index contributed by atoms with van der Waals surface area (Å²) in [6.07, 6.45) is -1.20. The van der Waals surface area contributed by atoms with Gasteiger partial charge in [0.25, 0.3) is 0 Å². The molecule has 4 unspecified atom stereocenters. The van der Waals surface area contributed by atoms with E-state index in [4.69, 9.17) is 0 Å². The van der Waals surface area contributed by atoms with E-state index >= 15 is 0 Å². The highest BCUT2D eigenvalue weighted by Crippen LogP contribution is 2.38. The predicted octanol–water partition coefficient (Wildman–Crippen LogP) is 3.45. The third-order valence-corrected chi connectivity index (χ3v) is 5.15. The van der Waals surface area contributed by atoms with Gasteiger partial charge in [-0.2, -0.15) is 13.2 Å². The van der Waals surface area contributed by atoms with Crippen LogP contribution in [0.15, 0.2) is 0 Å². The van der Waals surface area contributed by atoms with Crippen molar-refractivity contribution in [2.24, 2.45) is 17.8 Å². The van der Waals surface area contributed by atoms with Crippen molar-refractivity contribution in [2.45, 2.75) is 64.3 Å². The van der Waals surface area contributed by atoms with Crippen LogP contribution in [0.1, 0.15) is 46.0 Å². The molecule has 4 atom stereocenters. The van der Waals surface area contributed by atoms with Crippen molar-refractivity contribution in [1.29, 1.82) is 0 Å². The van der Waals surface area contributed by atoms with E-state index in [2.05, 4.69) is 13.8 Å². The maximum absolute atomic E-state index is 12.9. The standard InChI is InChI=1S/C15H26F3NO/c1-10(2)11-5-6-14(20)13(8-11)19-7-3-4-12(9-19)15(16,17)18/h10-14,20H,3-9H2,1-2H3. The molecule has 118 valence electrons. The summed E-state index contributed by atoms with van der Waals surface area (Å²) in [4.78, 5) is 1.90. The zero-order valence-electron chi connectivity index (χ0n) is 12.4. The van der Waals surface area contributed by atoms with E-state index in [1.807, 2.05) is 4.90 Å². The second-order valence-electron chi connectivity index (χ2n) is 6.83. The van der Waals surface area contributed by atoms with Gasteiger partial charge in [0.1, 0.15) is 0 Å². The zero-order chi connectivity index (χ0) is 14.9. The Labute approximate surface area is 119 Å². The molecule has 1 heterocycles. The second kappa shape index (κ2) is 6.22. The van der Waals surface area contributed by atoms with Crippen LogP contribution in [0.25, 0.3) is 0 Å². The summed E-state index contributed by atoms with van der Waals surface area (Å²) < 4.78 is 38.7. The largest absolute Gasteiger partial charge is 0.393 e. The molecule has 2 nitrogen and oxygen atoms in total. The van der Waals surface area contributed by atoms with Crippen LogP contribution in [0.3, 0.4) is 0 Å². The van der Waals surface area contributed by atoms with Crippen LogP contribution < -0.4 is 0 Å². The number of aliphatic hydroxyl groups is 1. The number of alkyl halides is 3. The molecule has 5 heteroatoms. The molecular weight excluding hydrogens is 267 g/mol. The first-order valence-corrected chi connectivity index (χ1v) is 7.78. The van der Waals surface area contributed by atoms with Crippen molar-refractivity contribution in [3.05, 3.63) is 0 Å². The smallest absolute Gasteiger partial charge is 0.391 e. The Morgan fingerprint density at radius 3 is 2.45 bits per heavy atom. The van der Waals surface area contributed by atoms with Gasteiger partial charge in [-0.1, -0.05) is 13.8 Å². The van der Waals surface area contributed by atoms with Gasteiger partial charge in [0.15, 0.2) is 0 Å². The highest BCUT2D eigenvalue weighted by Gasteiger charge is 2.44. The van der Waals surface area contributed by atoms with Crippen molar-refractivity contribution in [3.63, 3.8) is 0 Å². The van der Waals surface area contributed by atoms with Gasteiger partial charge in [0, 0.05) is 12.6 Å². The molecule has 1 aliphatic carbocycles. The predicted molar refractivity (Wildman–Crippen MR) is 72.3 cm³/mol. The zero-order valence-corrected chi connectivity index (χ0v) is 12.4. The summed E-state index contributed by atoms with van der Waals surface area (Å²) in [6.45, 7) is 5.08. The monoisotopic (exact) mass is 293 g/mol. The summed E-state index contributed by atoms with van der Waals surface area (Å²) >= 11 is 0. The summed E-state index contributed by atoms with van der Waals surface area (Å²) in [5.41, 5.74) is 0. The van der Waals surface area contributed by atoms with Crippen molar-refractivity contribution in [3.8, 4) is 0 Å². The SMILES string of the molecule is CC(C)C1CCC(O)C(N2CCCC(C(F)(F)F)C2)C1. The molecule has 1 saturated heterocycles. The van der Waals surface area contributed by atoms with Crippen molar-refractivity contribution >= 4 is 0 Å². The van der Waals surface area contributed by atoms with E-state index in [9.17, 15) is 18.3 Å². The highest BCUT2D eigenvalue weighted by molar-refractivity contribution is 4.91. The molecule has 0 aromatic rings. The number of hydrogen-bond acceptors (Lipinski definition) is 2. The van der Waals surface area contributed by atoms with Crippen LogP contribution in [0.4, 0.5) is 13.2 Å². The number of hydrogen-bond donors (Lipinski definition) is 1. The van der Waals surface area contributed by atoms with Crippen LogP contribution in [-0.2, 0) is 0 Å². The van der Waals surface area contributed by atoms with Crippen molar-refractivity contribution in [2.75, 3.05) is 13.1 Å². The van der Waals surface area contributed by atoms with Crippen molar-refractivity contribution < 1.29 is 18.3 Å². The molecule has 0 bridgehead atoms. The summed E-state index contributed by atoms with van der Waals surface area (Å²) in [5.74, 6) is -0.161. The quantitative estimate of drug-likeness (QED) is 0.843. The van der Waals surface area contributed by atoms with Crippen LogP contribution in [0.2, 0.25) is 0 Å². The van der Waals surface area contributed by atoms with Gasteiger partial charge in [-0.25, -0.2) is 0 Å². The molecular formula is C15H26F3NO. The maximum atomic E-state index is 12.9. The lowest BCUT2D eigenvalue weighted by Gasteiger charge is -2.45. The molecule has 0 aromatic carbocycles. The van der Waals surface area contributed by atoms with Crippen LogP contribution in [0, 0.1) is 17.8 Å². The molecule has 1 saturated carbocycles. The molecule has 2 aliphatic rings. The van der Waals surface area contributed by atoms with E-state index in [-0.39, 0.29) is 19.0 Å². The Morgan fingerprint density at radius 2 is 1.85 bits per heavy atom. The maximum Gasteiger partial charge on any atom is 0.393 e. The molecule has 1 N–H and O–H groups in total. The molecule has 2 fully saturated rings. The molecule has 2 rings (SSSR count). The summed E-state index contributed by atoms with van der Waals surface area (Å²) in [5, 5.41) is 10.2. The van der Waals surface area contributed by atoms with E-state index in [0.29, 0.717) is 24.8 Å². The van der Waals surface area contributed by atoms with Crippen LogP contribution in [0.5, 0.6) is 0 Å². The lowest BCUT2D eigenvalue weighted by molar-refractivity contribution is -0.191. The lowest BCUT2D eigenvalue weighted by Crippen LogP contribution is -2.53. The van der Waals surface area contributed by atoms with E-state index in [1.165, 1.54) is 0 Å². The van der Waals surface area contributed by atoms with Crippen LogP contribution >= 0.6 is 0 Å². The van der Waals surface area contributed by atoms with Gasteiger partial charge in [-0.15, -0.1) is 0 Å². The first-order chi connectivity index (χ1) is 9.29. The third kappa shape index (κ3) is 3.67. The van der Waals surface area contributed by atoms with Gasteiger partial charge in [-0.05, 0) is 50.5 Å². The van der Waals surface area contributed by atoms with Gasteiger partial charge in [0.2, 0.25) is 0 Å². The molecule has 0 spiro atoms. The van der Waals surface area contributed by atoms with Gasteiger partial charge >= 0.3 is 6.18 Å². The van der Waals surface area contributed by atoms with E-state index in [1.54, 1.807) is 0 Å². The second-order valence-corrected chi connectivity index (χ2v) is 6.83. The lowest BCUT2D eigenvalue weighted by atomic mass is 9.76. The Bertz CT molecular complexity index is 319. The first kappa shape index (κ1) is 16.1. The van der Waals surface area contributed by atoms with Gasteiger partial charge in [0.05, 0.1) is 12.0 Å². The van der Waals surface area contributed by atoms with E-state index < -0.39 is 18.2 Å². The minimum absolute atomic E-state index is 0.0655. The number of piperidine rings is 1. The Kier molecular flexibility index (Phi) is 5.00. The number of nitrogens with zero attached hydrogens (tertiary/aromatic N) is 1. The fourth-order valence-corrected chi connectivity index (χ4v) is 3.74. The fourth-order valence-electron chi connectivity index (χ4n) is 3.74. The number of aliphatic hydroxyl groups excluding tert-OH is 1. The average molecular weight is 293 g/mol. The molecule has 0 aromatic heterocycles. The molecule has 20 heavy (non-hydrogen) atoms. The summed E-state index contributed by atoms with van der Waals surface area (Å²) in [6, 6.07) is -0.0821. The first-order valence-electron chi connectivity index (χ1n) is 7.78. The Morgan fingerprint density at radius 1 is 1.15 bits per heavy atom. The summed E-state index contributed by atoms with van der Waals surface area (Å²) in [7, 11) is 0. The number of rotatable bonds is 2. The van der Waals surface area contributed by atoms with Gasteiger partial charge in [-0.3, -0.25) is 4.90 Å². The molecule has 1 aliphatic heterocycles. The minimum Gasteiger partial charge on any atom is -0.391 e. The normalized spacial score (nSPS) is 37.4. The van der Waals surface area contributed by atoms with Crippen LogP contribution in [-0.4, -0.2) is 41.4 Å². The Hall–Kier alpha value is -0.290. The minimum atomic E-state index is -4.10. The fraction of sp³-hybridized carbons (Fsp3) is 1.00. The average Bonchev–Trinajstić information content (AvgIpc) is 2.38. The van der Waals surface area contributed by atoms with Crippen molar-refractivity contribution in [1.82, 2.24) is 4.90 Å². The number of halogens is 3. The Balaban J connectivity index is 2.01. The highest BCUT2D eigenvalue weighted by atomic mass is 19.4. The third-order valence-electron chi connectivity index (χ3n) is 5.15. The number of likely N-dealkylation sites (tertiary alicyclic amines) is 1.